The van der Waals surface area contributed by atoms with Gasteiger partial charge in [0, 0.05) is 13.0 Å². The lowest BCUT2D eigenvalue weighted by Crippen LogP contribution is -2.61. The largest absolute Gasteiger partial charge is 0.457 e. The van der Waals surface area contributed by atoms with Crippen molar-refractivity contribution in [3.05, 3.63) is 24.3 Å². The summed E-state index contributed by atoms with van der Waals surface area (Å²) in [5, 5.41) is 72.4. The number of ether oxygens (including phenoxy) is 6. The number of unbranched alkanes of at least 4 members (excludes halogenated alkanes) is 32. The van der Waals surface area contributed by atoms with Crippen LogP contribution in [0.3, 0.4) is 0 Å². The number of hydrogen-bond donors (Lipinski definition) is 7. The average Bonchev–Trinajstić information content (AvgIpc) is 3.40. The Morgan fingerprint density at radius 3 is 1.32 bits per heavy atom. The molecule has 0 amide bonds. The number of esters is 1. The molecule has 2 aliphatic rings. The van der Waals surface area contributed by atoms with Crippen LogP contribution in [0.5, 0.6) is 0 Å². The zero-order valence-electron chi connectivity index (χ0n) is 46.8. The molecule has 14 heteroatoms. The van der Waals surface area contributed by atoms with Crippen LogP contribution >= 0.6 is 0 Å². The molecule has 2 aliphatic heterocycles. The van der Waals surface area contributed by atoms with Crippen LogP contribution in [0.1, 0.15) is 251 Å². The molecule has 0 aromatic rings. The highest BCUT2D eigenvalue weighted by Gasteiger charge is 2.47. The summed E-state index contributed by atoms with van der Waals surface area (Å²) in [6.07, 6.45) is 38.1. The van der Waals surface area contributed by atoms with E-state index in [1.54, 1.807) is 0 Å². The first kappa shape index (κ1) is 68.6. The molecule has 0 saturated carbocycles. The van der Waals surface area contributed by atoms with Gasteiger partial charge >= 0.3 is 5.97 Å². The van der Waals surface area contributed by atoms with Crippen molar-refractivity contribution >= 4 is 5.97 Å². The number of hydrogen-bond acceptors (Lipinski definition) is 14. The normalized spacial score (nSPS) is 24.9. The van der Waals surface area contributed by atoms with Gasteiger partial charge in [-0.3, -0.25) is 4.79 Å². The molecule has 14 nitrogen and oxygen atoms in total. The summed E-state index contributed by atoms with van der Waals surface area (Å²) in [5.74, 6) is -0.375. The monoisotopic (exact) mass is 1060 g/mol. The highest BCUT2D eigenvalue weighted by molar-refractivity contribution is 5.69. The maximum atomic E-state index is 13.1. The fraction of sp³-hybridized carbons (Fsp3) is 0.917. The zero-order chi connectivity index (χ0) is 53.7. The fourth-order valence-electron chi connectivity index (χ4n) is 9.79. The highest BCUT2D eigenvalue weighted by atomic mass is 16.7. The highest BCUT2D eigenvalue weighted by Crippen LogP contribution is 2.27. The quantitative estimate of drug-likeness (QED) is 0.0172. The van der Waals surface area contributed by atoms with E-state index in [1.165, 1.54) is 173 Å². The van der Waals surface area contributed by atoms with Gasteiger partial charge in [-0.05, 0) is 44.9 Å². The molecule has 2 fully saturated rings. The minimum absolute atomic E-state index is 0.0649. The smallest absolute Gasteiger partial charge is 0.306 e. The molecule has 0 aliphatic carbocycles. The van der Waals surface area contributed by atoms with Gasteiger partial charge in [0.05, 0.1) is 26.4 Å². The Morgan fingerprint density at radius 2 is 0.838 bits per heavy atom. The molecule has 0 radical (unpaired) electrons. The number of carbonyl (C=O) groups excluding carboxylic acids is 1. The molecule has 2 saturated heterocycles. The van der Waals surface area contributed by atoms with Crippen molar-refractivity contribution in [2.75, 3.05) is 33.0 Å². The zero-order valence-corrected chi connectivity index (χ0v) is 46.8. The van der Waals surface area contributed by atoms with Gasteiger partial charge in [0.25, 0.3) is 0 Å². The number of aliphatic hydroxyl groups excluding tert-OH is 7. The molecule has 2 rings (SSSR count). The van der Waals surface area contributed by atoms with Gasteiger partial charge in [0.2, 0.25) is 0 Å². The fourth-order valence-corrected chi connectivity index (χ4v) is 9.79. The SMILES string of the molecule is CCCCC/C=C\C/C=C\CCCCCCCCCCCC(=O)OC(COCCCCCCCCCCCCCCCCCCCCCCC)COC1OC(COC2OC(CO)C(O)C(O)C2O)C(O)C(O)C1O. The van der Waals surface area contributed by atoms with Crippen LogP contribution in [0.4, 0.5) is 0 Å². The van der Waals surface area contributed by atoms with E-state index in [9.17, 15) is 40.5 Å². The summed E-state index contributed by atoms with van der Waals surface area (Å²) in [4.78, 5) is 13.1. The molecule has 74 heavy (non-hydrogen) atoms. The number of carbonyl (C=O) groups is 1. The van der Waals surface area contributed by atoms with E-state index in [0.29, 0.717) is 13.0 Å². The maximum absolute atomic E-state index is 13.1. The Kier molecular flexibility index (Phi) is 44.0. The predicted molar refractivity (Wildman–Crippen MR) is 294 cm³/mol. The third-order valence-electron chi connectivity index (χ3n) is 14.7. The van der Waals surface area contributed by atoms with Gasteiger partial charge in [0.15, 0.2) is 12.6 Å². The number of allylic oxidation sites excluding steroid dienone is 4. The first-order chi connectivity index (χ1) is 36.1. The van der Waals surface area contributed by atoms with E-state index < -0.39 is 80.7 Å². The molecule has 7 N–H and O–H groups in total. The van der Waals surface area contributed by atoms with Crippen LogP contribution in [0, 0.1) is 0 Å². The van der Waals surface area contributed by atoms with Crippen molar-refractivity contribution in [3.8, 4) is 0 Å². The molecule has 0 bridgehead atoms. The Bertz CT molecular complexity index is 1320. The second kappa shape index (κ2) is 47.5. The van der Waals surface area contributed by atoms with Crippen molar-refractivity contribution < 1.29 is 69.0 Å². The Balaban J connectivity index is 1.69. The van der Waals surface area contributed by atoms with E-state index in [0.717, 1.165) is 51.4 Å². The lowest BCUT2D eigenvalue weighted by Gasteiger charge is -2.42. The standard InChI is InChI=1S/C60H112O14/c1-3-5-7-9-11-13-15-17-19-21-23-24-26-28-30-32-34-36-38-40-42-44-69-46-49(72-52(62)43-41-39-37-35-33-31-29-27-25-22-20-18-16-14-12-10-8-6-4-2)47-70-59-58(68)56(66)54(64)51(74-59)48-71-60-57(67)55(65)53(63)50(45-61)73-60/h12,14,18,20,49-51,53-61,63-68H,3-11,13,15-17,19,21-48H2,1-2H3/b14-12-,20-18-. The second-order valence-corrected chi connectivity index (χ2v) is 21.5. The van der Waals surface area contributed by atoms with Crippen LogP contribution in [-0.2, 0) is 33.2 Å². The third-order valence-corrected chi connectivity index (χ3v) is 14.7. The minimum atomic E-state index is -1.71. The molecule has 2 heterocycles. The summed E-state index contributed by atoms with van der Waals surface area (Å²) < 4.78 is 34.4. The molecule has 11 unspecified atom stereocenters. The summed E-state index contributed by atoms with van der Waals surface area (Å²) in [5.41, 5.74) is 0. The van der Waals surface area contributed by atoms with Crippen molar-refractivity contribution in [1.82, 2.24) is 0 Å². The second-order valence-electron chi connectivity index (χ2n) is 21.5. The Morgan fingerprint density at radius 1 is 0.446 bits per heavy atom. The van der Waals surface area contributed by atoms with E-state index in [-0.39, 0.29) is 25.6 Å². The van der Waals surface area contributed by atoms with Gasteiger partial charge in [-0.15, -0.1) is 0 Å². The molecule has 436 valence electrons. The van der Waals surface area contributed by atoms with Gasteiger partial charge < -0.3 is 64.2 Å². The van der Waals surface area contributed by atoms with Crippen molar-refractivity contribution in [3.63, 3.8) is 0 Å². The van der Waals surface area contributed by atoms with Crippen LogP contribution in [0.15, 0.2) is 24.3 Å². The summed E-state index contributed by atoms with van der Waals surface area (Å²) in [6.45, 7) is 3.72. The number of aliphatic hydroxyl groups is 7. The van der Waals surface area contributed by atoms with Crippen molar-refractivity contribution in [2.45, 2.75) is 319 Å². The maximum Gasteiger partial charge on any atom is 0.306 e. The first-order valence-electron chi connectivity index (χ1n) is 30.4. The Hall–Kier alpha value is -1.53. The van der Waals surface area contributed by atoms with E-state index in [2.05, 4.69) is 38.2 Å². The van der Waals surface area contributed by atoms with Gasteiger partial charge in [0.1, 0.15) is 54.9 Å². The van der Waals surface area contributed by atoms with E-state index in [4.69, 9.17) is 28.4 Å². The molecule has 0 spiro atoms. The van der Waals surface area contributed by atoms with E-state index in [1.807, 2.05) is 0 Å². The molecule has 0 aromatic carbocycles. The van der Waals surface area contributed by atoms with E-state index >= 15 is 0 Å². The van der Waals surface area contributed by atoms with Crippen LogP contribution in [-0.4, -0.2) is 142 Å². The van der Waals surface area contributed by atoms with Crippen molar-refractivity contribution in [1.29, 1.82) is 0 Å². The van der Waals surface area contributed by atoms with Gasteiger partial charge in [-0.2, -0.15) is 0 Å². The van der Waals surface area contributed by atoms with Crippen LogP contribution in [0.25, 0.3) is 0 Å². The first-order valence-corrected chi connectivity index (χ1v) is 30.4. The van der Waals surface area contributed by atoms with Crippen LogP contribution < -0.4 is 0 Å². The van der Waals surface area contributed by atoms with Crippen molar-refractivity contribution in [2.24, 2.45) is 0 Å². The summed E-state index contributed by atoms with van der Waals surface area (Å²) in [6, 6.07) is 0. The molecule has 11 atom stereocenters. The predicted octanol–water partition coefficient (Wildman–Crippen LogP) is 11.1. The topological polar surface area (TPSA) is 214 Å². The molecule has 0 aromatic heterocycles. The average molecular weight is 1060 g/mol. The van der Waals surface area contributed by atoms with Gasteiger partial charge in [-0.1, -0.05) is 224 Å². The lowest BCUT2D eigenvalue weighted by molar-refractivity contribution is -0.332. The lowest BCUT2D eigenvalue weighted by atomic mass is 9.98. The van der Waals surface area contributed by atoms with Gasteiger partial charge in [-0.25, -0.2) is 0 Å². The Labute approximate surface area is 449 Å². The summed E-state index contributed by atoms with van der Waals surface area (Å²) in [7, 11) is 0. The molecular formula is C60H112O14. The molecular weight excluding hydrogens is 945 g/mol. The third kappa shape index (κ3) is 33.7. The minimum Gasteiger partial charge on any atom is -0.457 e. The number of rotatable bonds is 50. The van der Waals surface area contributed by atoms with Crippen LogP contribution in [0.2, 0.25) is 0 Å². The summed E-state index contributed by atoms with van der Waals surface area (Å²) >= 11 is 0.